The molecule has 1 atom stereocenters. The second-order valence-corrected chi connectivity index (χ2v) is 20.1. The van der Waals surface area contributed by atoms with Gasteiger partial charge in [0.05, 0.1) is 33.7 Å². The second-order valence-electron chi connectivity index (χ2n) is 10.5. The average molecular weight is 957 g/mol. The van der Waals surface area contributed by atoms with Crippen molar-refractivity contribution in [2.24, 2.45) is 0 Å². The number of fused-ring (bicyclic) bond motifs is 2. The van der Waals surface area contributed by atoms with Crippen LogP contribution in [0.2, 0.25) is 0 Å². The molecule has 3 heterocycles. The second kappa shape index (κ2) is 12.3. The lowest BCUT2D eigenvalue weighted by Crippen LogP contribution is -2.23. The molecule has 0 radical (unpaired) electrons. The van der Waals surface area contributed by atoms with E-state index < -0.39 is 17.3 Å². The molecule has 236 valence electrons. The lowest BCUT2D eigenvalue weighted by molar-refractivity contribution is 0.468. The molecule has 1 unspecified atom stereocenters. The van der Waals surface area contributed by atoms with Crippen molar-refractivity contribution in [3.8, 4) is 21.9 Å². The molecule has 5 aromatic rings. The van der Waals surface area contributed by atoms with E-state index in [1.807, 2.05) is 42.5 Å². The van der Waals surface area contributed by atoms with Gasteiger partial charge in [-0.25, -0.2) is 0 Å². The topological polar surface area (TPSA) is 112 Å². The number of thiophene rings is 1. The van der Waals surface area contributed by atoms with Gasteiger partial charge in [0, 0.05) is 32.7 Å². The number of aromatic hydroxyl groups is 2. The van der Waals surface area contributed by atoms with Crippen LogP contribution in [-0.4, -0.2) is 28.0 Å². The SMILES string of the molecule is O=P1(c2ccccc2)C2=CC(c3cc(Br)c(O)c(Br)c3)=[S+]C2=C(c2ccccc2S(=O)(=O)O)c2sc(-c3cc(Br)c(O)c(Br)c3)cc21. The van der Waals surface area contributed by atoms with Crippen LogP contribution in [0.25, 0.3) is 16.0 Å². The first-order chi connectivity index (χ1) is 22.3. The monoisotopic (exact) mass is 953 g/mol. The largest absolute Gasteiger partial charge is 0.506 e. The first-order valence-electron chi connectivity index (χ1n) is 13.5. The van der Waals surface area contributed by atoms with E-state index in [1.165, 1.54) is 28.8 Å². The van der Waals surface area contributed by atoms with Crippen molar-refractivity contribution < 1.29 is 27.7 Å². The Morgan fingerprint density at radius 2 is 1.30 bits per heavy atom. The van der Waals surface area contributed by atoms with Gasteiger partial charge < -0.3 is 14.8 Å². The summed E-state index contributed by atoms with van der Waals surface area (Å²) in [4.78, 5) is 2.45. The van der Waals surface area contributed by atoms with Crippen LogP contribution in [0, 0.1) is 0 Å². The Morgan fingerprint density at radius 1 is 0.745 bits per heavy atom. The normalized spacial score (nSPS) is 17.3. The standard InChI is InChI=1S/C33H17Br4O6PS3/c34-20-10-16(11-21(35)30(20)38)26-14-24-32(45-26)29(19-8-4-5-9-28(19)47(41,42)43)33-25(44(24,40)18-6-2-1-3-7-18)15-27(46-33)17-12-22(36)31(39)23(37)13-17/h1-15H,(H2-,38,39,40,41,42,43)/p+1. The minimum atomic E-state index is -4.65. The molecule has 0 spiro atoms. The van der Waals surface area contributed by atoms with Crippen LogP contribution in [0.15, 0.2) is 124 Å². The van der Waals surface area contributed by atoms with Crippen LogP contribution < -0.4 is 10.6 Å². The molecule has 7 rings (SSSR count). The molecule has 2 aliphatic rings. The fraction of sp³-hybridized carbons (Fsp3) is 0. The predicted octanol–water partition coefficient (Wildman–Crippen LogP) is 9.41. The van der Waals surface area contributed by atoms with Crippen molar-refractivity contribution in [1.82, 2.24) is 0 Å². The Labute approximate surface area is 311 Å². The minimum absolute atomic E-state index is 0.0431. The summed E-state index contributed by atoms with van der Waals surface area (Å²) in [6.45, 7) is 0. The van der Waals surface area contributed by atoms with Crippen molar-refractivity contribution in [2.75, 3.05) is 0 Å². The molecule has 1 aromatic heterocycles. The van der Waals surface area contributed by atoms with E-state index in [9.17, 15) is 23.2 Å². The van der Waals surface area contributed by atoms with Crippen molar-refractivity contribution >= 4 is 125 Å². The fourth-order valence-corrected chi connectivity index (χ4v) is 15.0. The predicted molar refractivity (Wildman–Crippen MR) is 205 cm³/mol. The zero-order valence-corrected chi connectivity index (χ0v) is 33.1. The fourth-order valence-electron chi connectivity index (χ4n) is 5.58. The number of halogens is 4. The third kappa shape index (κ3) is 5.61. The van der Waals surface area contributed by atoms with Crippen molar-refractivity contribution in [1.29, 1.82) is 0 Å². The van der Waals surface area contributed by atoms with Crippen LogP contribution in [0.5, 0.6) is 11.5 Å². The van der Waals surface area contributed by atoms with Gasteiger partial charge in [0.1, 0.15) is 16.4 Å². The van der Waals surface area contributed by atoms with Crippen molar-refractivity contribution in [3.63, 3.8) is 0 Å². The van der Waals surface area contributed by atoms with E-state index in [2.05, 4.69) is 63.7 Å². The third-order valence-corrected chi connectivity index (χ3v) is 16.8. The molecule has 0 bridgehead atoms. The first kappa shape index (κ1) is 33.3. The molecule has 47 heavy (non-hydrogen) atoms. The Bertz CT molecular complexity index is 2390. The van der Waals surface area contributed by atoms with Crippen LogP contribution in [0.4, 0.5) is 0 Å². The summed E-state index contributed by atoms with van der Waals surface area (Å²) in [5.74, 6) is 0.0862. The Kier molecular flexibility index (Phi) is 8.71. The summed E-state index contributed by atoms with van der Waals surface area (Å²) >= 11 is 16.4. The van der Waals surface area contributed by atoms with Gasteiger partial charge >= 0.3 is 0 Å². The molecule has 0 saturated heterocycles. The Morgan fingerprint density at radius 3 is 1.89 bits per heavy atom. The molecule has 0 fully saturated rings. The summed E-state index contributed by atoms with van der Waals surface area (Å²) in [5, 5.41) is 22.5. The van der Waals surface area contributed by atoms with Crippen LogP contribution in [-0.2, 0) is 26.0 Å². The van der Waals surface area contributed by atoms with Gasteiger partial charge in [-0.3, -0.25) is 4.55 Å². The number of phenolic OH excluding ortho intramolecular Hbond substituents is 2. The van der Waals surface area contributed by atoms with Gasteiger partial charge in [-0.1, -0.05) is 48.5 Å². The summed E-state index contributed by atoms with van der Waals surface area (Å²) in [6, 6.07) is 24.4. The molecule has 0 amide bonds. The Balaban J connectivity index is 1.61. The lowest BCUT2D eigenvalue weighted by Gasteiger charge is -2.25. The van der Waals surface area contributed by atoms with Gasteiger partial charge in [-0.15, -0.1) is 11.3 Å². The number of rotatable bonds is 5. The van der Waals surface area contributed by atoms with Crippen LogP contribution in [0.1, 0.15) is 16.0 Å². The highest BCUT2D eigenvalue weighted by Gasteiger charge is 2.51. The number of allylic oxidation sites excluding steroid dienone is 2. The molecular formula is C33H18Br4O6PS3+. The molecule has 6 nitrogen and oxygen atoms in total. The maximum absolute atomic E-state index is 15.9. The summed E-state index contributed by atoms with van der Waals surface area (Å²) in [7, 11) is -8.24. The first-order valence-corrected chi connectivity index (χ1v) is 21.5. The van der Waals surface area contributed by atoms with Gasteiger partial charge in [0.15, 0.2) is 7.14 Å². The Hall–Kier alpha value is -2.19. The third-order valence-electron chi connectivity index (χ3n) is 7.71. The molecule has 14 heteroatoms. The summed E-state index contributed by atoms with van der Waals surface area (Å²) in [6.07, 6.45) is 1.88. The highest BCUT2D eigenvalue weighted by Crippen LogP contribution is 2.64. The highest BCUT2D eigenvalue weighted by molar-refractivity contribution is 9.11. The van der Waals surface area contributed by atoms with Gasteiger partial charge in [0.2, 0.25) is 16.2 Å². The van der Waals surface area contributed by atoms with E-state index in [0.29, 0.717) is 49.2 Å². The molecule has 0 aliphatic carbocycles. The lowest BCUT2D eigenvalue weighted by atomic mass is 10.0. The minimum Gasteiger partial charge on any atom is -0.506 e. The van der Waals surface area contributed by atoms with Gasteiger partial charge in [-0.05, 0) is 106 Å². The maximum Gasteiger partial charge on any atom is 0.295 e. The number of phenols is 2. The maximum atomic E-state index is 15.9. The van der Waals surface area contributed by atoms with E-state index in [1.54, 1.807) is 42.5 Å². The molecular weight excluding hydrogens is 939 g/mol. The number of hydrogen-bond acceptors (Lipinski definition) is 6. The van der Waals surface area contributed by atoms with Crippen LogP contribution in [0.3, 0.4) is 0 Å². The highest BCUT2D eigenvalue weighted by atomic mass is 79.9. The zero-order chi connectivity index (χ0) is 33.4. The van der Waals surface area contributed by atoms with Crippen molar-refractivity contribution in [2.45, 2.75) is 4.90 Å². The molecule has 0 saturated carbocycles. The van der Waals surface area contributed by atoms with Crippen molar-refractivity contribution in [3.05, 3.63) is 135 Å². The summed E-state index contributed by atoms with van der Waals surface area (Å²) in [5.41, 5.74) is 2.29. The van der Waals surface area contributed by atoms with E-state index >= 15 is 4.57 Å². The zero-order valence-electron chi connectivity index (χ0n) is 23.4. The van der Waals surface area contributed by atoms with Crippen LogP contribution >= 0.6 is 82.2 Å². The quantitative estimate of drug-likeness (QED) is 0.0701. The molecule has 4 aromatic carbocycles. The van der Waals surface area contributed by atoms with E-state index in [0.717, 1.165) is 20.9 Å². The van der Waals surface area contributed by atoms with E-state index in [-0.39, 0.29) is 22.0 Å². The molecule has 2 aliphatic heterocycles. The number of hydrogen-bond donors (Lipinski definition) is 3. The van der Waals surface area contributed by atoms with Gasteiger partial charge in [-0.2, -0.15) is 8.42 Å². The van der Waals surface area contributed by atoms with E-state index in [4.69, 9.17) is 0 Å². The number of benzene rings is 4. The van der Waals surface area contributed by atoms with Gasteiger partial charge in [0.25, 0.3) is 15.0 Å². The molecule has 3 N–H and O–H groups in total. The average Bonchev–Trinajstić information content (AvgIpc) is 3.69. The summed E-state index contributed by atoms with van der Waals surface area (Å²) < 4.78 is 53.7. The smallest absolute Gasteiger partial charge is 0.295 e.